The van der Waals surface area contributed by atoms with E-state index < -0.39 is 0 Å². The lowest BCUT2D eigenvalue weighted by atomic mass is 9.87. The van der Waals surface area contributed by atoms with Crippen LogP contribution >= 0.6 is 0 Å². The third-order valence-electron chi connectivity index (χ3n) is 6.15. The minimum atomic E-state index is -0.0474. The summed E-state index contributed by atoms with van der Waals surface area (Å²) in [7, 11) is 0. The van der Waals surface area contributed by atoms with Crippen molar-refractivity contribution in [3.05, 3.63) is 59.3 Å². The molecule has 1 aromatic carbocycles. The number of aromatic nitrogens is 1. The highest BCUT2D eigenvalue weighted by Crippen LogP contribution is 2.46. The zero-order chi connectivity index (χ0) is 20.5. The monoisotopic (exact) mass is 393 g/mol. The summed E-state index contributed by atoms with van der Waals surface area (Å²) in [5.41, 5.74) is 2.87. The van der Waals surface area contributed by atoms with Gasteiger partial charge in [0.1, 0.15) is 5.56 Å². The van der Waals surface area contributed by atoms with Crippen molar-refractivity contribution in [2.45, 2.75) is 26.8 Å². The highest BCUT2D eigenvalue weighted by Gasteiger charge is 2.50. The molecule has 29 heavy (non-hydrogen) atoms. The van der Waals surface area contributed by atoms with Crippen LogP contribution in [-0.4, -0.2) is 52.8 Å². The lowest BCUT2D eigenvalue weighted by Crippen LogP contribution is -2.36. The number of fused-ring (bicyclic) bond motifs is 1. The number of hydrogen-bond donors (Lipinski definition) is 0. The van der Waals surface area contributed by atoms with Gasteiger partial charge < -0.3 is 14.5 Å². The van der Waals surface area contributed by atoms with Gasteiger partial charge in [-0.2, -0.15) is 0 Å². The van der Waals surface area contributed by atoms with Crippen molar-refractivity contribution in [3.63, 3.8) is 0 Å². The van der Waals surface area contributed by atoms with Gasteiger partial charge in [-0.25, -0.2) is 4.98 Å². The number of nitrogens with zero attached hydrogens (tertiary/aromatic N) is 3. The van der Waals surface area contributed by atoms with E-state index in [2.05, 4.69) is 24.0 Å². The molecule has 0 spiro atoms. The summed E-state index contributed by atoms with van der Waals surface area (Å²) in [6.07, 6.45) is 1.64. The normalized spacial score (nSPS) is 23.2. The molecule has 1 aromatic heterocycles. The molecular weight excluding hydrogens is 366 g/mol. The molecule has 0 saturated carbocycles. The number of likely N-dealkylation sites (tertiary alicyclic amines) is 2. The molecule has 2 saturated heterocycles. The highest BCUT2D eigenvalue weighted by molar-refractivity contribution is 5.96. The van der Waals surface area contributed by atoms with Gasteiger partial charge in [0.25, 0.3) is 5.91 Å². The van der Waals surface area contributed by atoms with Gasteiger partial charge in [0, 0.05) is 44.6 Å². The zero-order valence-corrected chi connectivity index (χ0v) is 17.2. The maximum atomic E-state index is 13.2. The molecule has 4 rings (SSSR count). The molecule has 2 aromatic rings. The van der Waals surface area contributed by atoms with Crippen molar-refractivity contribution in [2.75, 3.05) is 26.2 Å². The van der Waals surface area contributed by atoms with Gasteiger partial charge >= 0.3 is 0 Å². The second kappa shape index (κ2) is 7.85. The van der Waals surface area contributed by atoms with Crippen LogP contribution in [0.15, 0.2) is 42.6 Å². The molecule has 0 aliphatic carbocycles. The Labute approximate surface area is 171 Å². The smallest absolute Gasteiger partial charge is 0.259 e. The Morgan fingerprint density at radius 3 is 2.66 bits per heavy atom. The van der Waals surface area contributed by atoms with Crippen LogP contribution < -0.4 is 4.74 Å². The van der Waals surface area contributed by atoms with Gasteiger partial charge in [0.15, 0.2) is 0 Å². The molecule has 2 amide bonds. The average molecular weight is 393 g/mol. The summed E-state index contributed by atoms with van der Waals surface area (Å²) in [6.45, 7) is 8.04. The summed E-state index contributed by atoms with van der Waals surface area (Å²) in [4.78, 5) is 33.7. The molecule has 0 radical (unpaired) electrons. The third kappa shape index (κ3) is 3.48. The molecule has 2 aliphatic rings. The van der Waals surface area contributed by atoms with E-state index in [1.807, 2.05) is 28.9 Å². The largest absolute Gasteiger partial charge is 0.477 e. The number of rotatable bonds is 4. The molecule has 152 valence electrons. The number of aryl methyl sites for hydroxylation is 1. The Kier molecular flexibility index (Phi) is 5.26. The number of ether oxygens (including phenoxy) is 1. The van der Waals surface area contributed by atoms with Crippen LogP contribution in [0.2, 0.25) is 0 Å². The van der Waals surface area contributed by atoms with Crippen molar-refractivity contribution >= 4 is 11.8 Å². The Bertz CT molecular complexity index is 929. The molecule has 6 heteroatoms. The predicted molar refractivity (Wildman–Crippen MR) is 110 cm³/mol. The van der Waals surface area contributed by atoms with Crippen LogP contribution in [0.3, 0.4) is 0 Å². The van der Waals surface area contributed by atoms with E-state index in [9.17, 15) is 9.59 Å². The molecule has 2 aliphatic heterocycles. The first kappa shape index (κ1) is 19.4. The fraction of sp³-hybridized carbons (Fsp3) is 0.435. The second-order valence-corrected chi connectivity index (χ2v) is 7.90. The van der Waals surface area contributed by atoms with E-state index in [0.29, 0.717) is 37.7 Å². The Balaban J connectivity index is 1.61. The lowest BCUT2D eigenvalue weighted by molar-refractivity contribution is -0.130. The van der Waals surface area contributed by atoms with Crippen molar-refractivity contribution in [3.8, 4) is 5.88 Å². The molecular formula is C23H27N3O3. The van der Waals surface area contributed by atoms with Gasteiger partial charge in [-0.3, -0.25) is 9.59 Å². The van der Waals surface area contributed by atoms with E-state index in [4.69, 9.17) is 4.74 Å². The quantitative estimate of drug-likeness (QED) is 0.801. The van der Waals surface area contributed by atoms with Crippen molar-refractivity contribution in [2.24, 2.45) is 11.8 Å². The first-order chi connectivity index (χ1) is 14.0. The number of benzene rings is 1. The van der Waals surface area contributed by atoms with Crippen molar-refractivity contribution in [1.82, 2.24) is 14.8 Å². The standard InChI is InChI=1S/C23H27N3O3/c1-4-29-22-19(10-7-11-24-22)23(28)25-12-17-13-26(16(3)27)21(20(17)14-25)18-9-6-5-8-15(18)2/h5-11,17,20-21H,4,12-14H2,1-3H3/t17-,20-,21+/m1/s1. The van der Waals surface area contributed by atoms with E-state index >= 15 is 0 Å². The maximum absolute atomic E-state index is 13.2. The fourth-order valence-electron chi connectivity index (χ4n) is 4.83. The Morgan fingerprint density at radius 2 is 1.93 bits per heavy atom. The van der Waals surface area contributed by atoms with Crippen molar-refractivity contribution < 1.29 is 14.3 Å². The number of hydrogen-bond acceptors (Lipinski definition) is 4. The number of pyridine rings is 1. The summed E-state index contributed by atoms with van der Waals surface area (Å²) in [6, 6.07) is 11.8. The third-order valence-corrected chi connectivity index (χ3v) is 6.15. The molecule has 3 atom stereocenters. The second-order valence-electron chi connectivity index (χ2n) is 7.90. The molecule has 2 fully saturated rings. The first-order valence-electron chi connectivity index (χ1n) is 10.2. The van der Waals surface area contributed by atoms with Crippen LogP contribution in [0, 0.1) is 18.8 Å². The highest BCUT2D eigenvalue weighted by atomic mass is 16.5. The minimum Gasteiger partial charge on any atom is -0.477 e. The van der Waals surface area contributed by atoms with Crippen LogP contribution in [0.4, 0.5) is 0 Å². The molecule has 0 bridgehead atoms. The topological polar surface area (TPSA) is 62.7 Å². The predicted octanol–water partition coefficient (Wildman–Crippen LogP) is 3.08. The minimum absolute atomic E-state index is 0.0109. The summed E-state index contributed by atoms with van der Waals surface area (Å²) >= 11 is 0. The van der Waals surface area contributed by atoms with Gasteiger partial charge in [0.2, 0.25) is 11.8 Å². The van der Waals surface area contributed by atoms with Gasteiger partial charge in [-0.1, -0.05) is 24.3 Å². The SMILES string of the molecule is CCOc1ncccc1C(=O)N1C[C@@H]2CN(C(C)=O)[C@@H](c3ccccc3C)[C@@H]2C1. The first-order valence-corrected chi connectivity index (χ1v) is 10.2. The van der Waals surface area contributed by atoms with Crippen LogP contribution in [0.1, 0.15) is 41.4 Å². The average Bonchev–Trinajstić information content (AvgIpc) is 3.27. The van der Waals surface area contributed by atoms with E-state index in [1.54, 1.807) is 25.3 Å². The fourth-order valence-corrected chi connectivity index (χ4v) is 4.83. The molecule has 3 heterocycles. The number of carbonyl (C=O) groups is 2. The number of amides is 2. The van der Waals surface area contributed by atoms with E-state index in [0.717, 1.165) is 0 Å². The van der Waals surface area contributed by atoms with Gasteiger partial charge in [-0.05, 0) is 37.1 Å². The van der Waals surface area contributed by atoms with E-state index in [-0.39, 0.29) is 29.7 Å². The Morgan fingerprint density at radius 1 is 1.14 bits per heavy atom. The van der Waals surface area contributed by atoms with E-state index in [1.165, 1.54) is 11.1 Å². The van der Waals surface area contributed by atoms with Crippen LogP contribution in [0.5, 0.6) is 5.88 Å². The summed E-state index contributed by atoms with van der Waals surface area (Å²) in [5, 5.41) is 0. The van der Waals surface area contributed by atoms with Gasteiger partial charge in [0.05, 0.1) is 12.6 Å². The lowest BCUT2D eigenvalue weighted by Gasteiger charge is -2.30. The number of carbonyl (C=O) groups excluding carboxylic acids is 2. The zero-order valence-electron chi connectivity index (χ0n) is 17.2. The summed E-state index contributed by atoms with van der Waals surface area (Å²) < 4.78 is 5.55. The van der Waals surface area contributed by atoms with Gasteiger partial charge in [-0.15, -0.1) is 0 Å². The van der Waals surface area contributed by atoms with Crippen molar-refractivity contribution in [1.29, 1.82) is 0 Å². The molecule has 0 unspecified atom stereocenters. The van der Waals surface area contributed by atoms with Crippen LogP contribution in [-0.2, 0) is 4.79 Å². The summed E-state index contributed by atoms with van der Waals surface area (Å²) in [5.74, 6) is 0.944. The van der Waals surface area contributed by atoms with Crippen LogP contribution in [0.25, 0.3) is 0 Å². The Hall–Kier alpha value is -2.89. The molecule has 6 nitrogen and oxygen atoms in total. The molecule has 0 N–H and O–H groups in total. The maximum Gasteiger partial charge on any atom is 0.259 e.